The Kier molecular flexibility index (Phi) is 7.26. The third-order valence-corrected chi connectivity index (χ3v) is 5.35. The van der Waals surface area contributed by atoms with E-state index < -0.39 is 17.8 Å². The Labute approximate surface area is 175 Å². The summed E-state index contributed by atoms with van der Waals surface area (Å²) in [6, 6.07) is 13.3. The van der Waals surface area contributed by atoms with Gasteiger partial charge in [-0.05, 0) is 35.7 Å². The Morgan fingerprint density at radius 2 is 1.70 bits per heavy atom. The van der Waals surface area contributed by atoms with Gasteiger partial charge in [0.05, 0.1) is 5.56 Å². The normalized spacial score (nSPS) is 16.7. The zero-order valence-corrected chi connectivity index (χ0v) is 17.4. The van der Waals surface area contributed by atoms with E-state index in [-0.39, 0.29) is 6.61 Å². The molecule has 30 heavy (non-hydrogen) atoms. The van der Waals surface area contributed by atoms with E-state index in [0.717, 1.165) is 17.4 Å². The molecule has 1 N–H and O–H groups in total. The van der Waals surface area contributed by atoms with Crippen LogP contribution < -0.4 is 9.64 Å². The fourth-order valence-electron chi connectivity index (χ4n) is 3.69. The Bertz CT molecular complexity index is 818. The predicted octanol–water partition coefficient (Wildman–Crippen LogP) is 4.39. The minimum absolute atomic E-state index is 0.206. The van der Waals surface area contributed by atoms with Crippen LogP contribution in [0.15, 0.2) is 48.5 Å². The molecule has 0 radical (unpaired) electrons. The van der Waals surface area contributed by atoms with Gasteiger partial charge in [-0.1, -0.05) is 38.1 Å². The zero-order valence-electron chi connectivity index (χ0n) is 17.4. The standard InChI is InChI=1S/C23H29F3N2O2/c1-17(2)21-8-3-4-9-22(21)30-16-20(29)15-27-10-12-28(13-11-27)19-7-5-6-18(14-19)23(24,25)26/h3-9,14,17,20,29H,10-13,15-16H2,1-2H3/t20-/m0/s1. The molecule has 0 aliphatic carbocycles. The molecule has 1 fully saturated rings. The molecule has 7 heteroatoms. The van der Waals surface area contributed by atoms with Crippen LogP contribution in [0.25, 0.3) is 0 Å². The molecule has 0 amide bonds. The van der Waals surface area contributed by atoms with Crippen molar-refractivity contribution in [3.05, 3.63) is 59.7 Å². The lowest BCUT2D eigenvalue weighted by atomic mass is 10.0. The van der Waals surface area contributed by atoms with Gasteiger partial charge in [0.25, 0.3) is 0 Å². The molecule has 164 valence electrons. The SMILES string of the molecule is CC(C)c1ccccc1OC[C@@H](O)CN1CCN(c2cccc(C(F)(F)F)c2)CC1. The summed E-state index contributed by atoms with van der Waals surface area (Å²) in [7, 11) is 0. The van der Waals surface area contributed by atoms with Crippen LogP contribution in [0.5, 0.6) is 5.75 Å². The van der Waals surface area contributed by atoms with Gasteiger partial charge in [0.2, 0.25) is 0 Å². The number of aliphatic hydroxyl groups is 1. The number of benzene rings is 2. The van der Waals surface area contributed by atoms with E-state index >= 15 is 0 Å². The lowest BCUT2D eigenvalue weighted by Gasteiger charge is -2.37. The Hall–Kier alpha value is -2.25. The van der Waals surface area contributed by atoms with Gasteiger partial charge < -0.3 is 14.7 Å². The fraction of sp³-hybridized carbons (Fsp3) is 0.478. The van der Waals surface area contributed by atoms with Crippen LogP contribution in [0.3, 0.4) is 0 Å². The van der Waals surface area contributed by atoms with Crippen molar-refractivity contribution in [1.29, 1.82) is 0 Å². The highest BCUT2D eigenvalue weighted by Gasteiger charge is 2.31. The van der Waals surface area contributed by atoms with Crippen molar-refractivity contribution in [3.8, 4) is 5.75 Å². The summed E-state index contributed by atoms with van der Waals surface area (Å²) in [5.74, 6) is 1.13. The molecular weight excluding hydrogens is 393 g/mol. The molecule has 4 nitrogen and oxygen atoms in total. The summed E-state index contributed by atoms with van der Waals surface area (Å²) in [6.45, 7) is 7.46. The second-order valence-corrected chi connectivity index (χ2v) is 7.99. The summed E-state index contributed by atoms with van der Waals surface area (Å²) >= 11 is 0. The van der Waals surface area contributed by atoms with Crippen molar-refractivity contribution in [2.24, 2.45) is 0 Å². The number of piperazine rings is 1. The molecular formula is C23H29F3N2O2. The number of halogens is 3. The van der Waals surface area contributed by atoms with Gasteiger partial charge in [-0.3, -0.25) is 4.90 Å². The van der Waals surface area contributed by atoms with Crippen LogP contribution in [0.4, 0.5) is 18.9 Å². The number of nitrogens with zero attached hydrogens (tertiary/aromatic N) is 2. The lowest BCUT2D eigenvalue weighted by molar-refractivity contribution is -0.137. The van der Waals surface area contributed by atoms with Crippen LogP contribution in [0, 0.1) is 0 Å². The molecule has 1 aliphatic heterocycles. The number of hydrogen-bond donors (Lipinski definition) is 1. The highest BCUT2D eigenvalue weighted by molar-refractivity contribution is 5.49. The molecule has 1 saturated heterocycles. The molecule has 0 spiro atoms. The number of β-amino-alcohol motifs (C(OH)–C–C–N with tert-alkyl or cyclic N) is 1. The van der Waals surface area contributed by atoms with Gasteiger partial charge in [-0.25, -0.2) is 0 Å². The summed E-state index contributed by atoms with van der Waals surface area (Å²) in [6.07, 6.45) is -4.97. The Morgan fingerprint density at radius 1 is 1.00 bits per heavy atom. The highest BCUT2D eigenvalue weighted by Crippen LogP contribution is 2.32. The van der Waals surface area contributed by atoms with Crippen LogP contribution in [0.2, 0.25) is 0 Å². The smallest absolute Gasteiger partial charge is 0.416 e. The number of anilines is 1. The molecule has 0 unspecified atom stereocenters. The average Bonchev–Trinajstić information content (AvgIpc) is 2.72. The molecule has 0 bridgehead atoms. The molecule has 0 aromatic heterocycles. The third-order valence-electron chi connectivity index (χ3n) is 5.35. The van der Waals surface area contributed by atoms with E-state index in [1.165, 1.54) is 12.1 Å². The van der Waals surface area contributed by atoms with E-state index in [4.69, 9.17) is 4.74 Å². The summed E-state index contributed by atoms with van der Waals surface area (Å²) < 4.78 is 44.7. The van der Waals surface area contributed by atoms with Gasteiger partial charge in [-0.15, -0.1) is 0 Å². The van der Waals surface area contributed by atoms with Crippen molar-refractivity contribution < 1.29 is 23.0 Å². The van der Waals surface area contributed by atoms with Crippen molar-refractivity contribution in [3.63, 3.8) is 0 Å². The average molecular weight is 422 g/mol. The van der Waals surface area contributed by atoms with Crippen molar-refractivity contribution in [1.82, 2.24) is 4.90 Å². The van der Waals surface area contributed by atoms with Gasteiger partial charge >= 0.3 is 6.18 Å². The van der Waals surface area contributed by atoms with E-state index in [1.807, 2.05) is 29.2 Å². The number of aliphatic hydroxyl groups excluding tert-OH is 1. The van der Waals surface area contributed by atoms with E-state index in [0.29, 0.717) is 44.3 Å². The maximum atomic E-state index is 12.9. The van der Waals surface area contributed by atoms with E-state index in [9.17, 15) is 18.3 Å². The predicted molar refractivity (Wildman–Crippen MR) is 112 cm³/mol. The largest absolute Gasteiger partial charge is 0.491 e. The number of alkyl halides is 3. The minimum atomic E-state index is -4.34. The van der Waals surface area contributed by atoms with Gasteiger partial charge in [0, 0.05) is 38.4 Å². The van der Waals surface area contributed by atoms with Crippen molar-refractivity contribution in [2.45, 2.75) is 32.0 Å². The van der Waals surface area contributed by atoms with Gasteiger partial charge in [-0.2, -0.15) is 13.2 Å². The van der Waals surface area contributed by atoms with Crippen LogP contribution in [0.1, 0.15) is 30.9 Å². The second-order valence-electron chi connectivity index (χ2n) is 7.99. The summed E-state index contributed by atoms with van der Waals surface area (Å²) in [5.41, 5.74) is 1.06. The molecule has 3 rings (SSSR count). The van der Waals surface area contributed by atoms with Crippen molar-refractivity contribution >= 4 is 5.69 Å². The Balaban J connectivity index is 1.48. The second kappa shape index (κ2) is 9.71. The molecule has 2 aromatic rings. The van der Waals surface area contributed by atoms with E-state index in [1.54, 1.807) is 6.07 Å². The molecule has 0 saturated carbocycles. The van der Waals surface area contributed by atoms with Gasteiger partial charge in [0.1, 0.15) is 18.5 Å². The maximum absolute atomic E-state index is 12.9. The first kappa shape index (κ1) is 22.4. The van der Waals surface area contributed by atoms with E-state index in [2.05, 4.69) is 18.7 Å². The fourth-order valence-corrected chi connectivity index (χ4v) is 3.69. The van der Waals surface area contributed by atoms with Crippen LogP contribution in [-0.4, -0.2) is 55.4 Å². The van der Waals surface area contributed by atoms with Crippen LogP contribution >= 0.6 is 0 Å². The first-order chi connectivity index (χ1) is 14.2. The molecule has 1 atom stereocenters. The Morgan fingerprint density at radius 3 is 2.37 bits per heavy atom. The first-order valence-corrected chi connectivity index (χ1v) is 10.3. The first-order valence-electron chi connectivity index (χ1n) is 10.3. The number of rotatable bonds is 7. The minimum Gasteiger partial charge on any atom is -0.491 e. The molecule has 1 heterocycles. The topological polar surface area (TPSA) is 35.9 Å². The number of hydrogen-bond acceptors (Lipinski definition) is 4. The quantitative estimate of drug-likeness (QED) is 0.718. The maximum Gasteiger partial charge on any atom is 0.416 e. The van der Waals surface area contributed by atoms with Crippen molar-refractivity contribution in [2.75, 3.05) is 44.2 Å². The monoisotopic (exact) mass is 422 g/mol. The third kappa shape index (κ3) is 5.89. The number of ether oxygens (including phenoxy) is 1. The highest BCUT2D eigenvalue weighted by atomic mass is 19.4. The number of para-hydroxylation sites is 1. The summed E-state index contributed by atoms with van der Waals surface area (Å²) in [4.78, 5) is 4.07. The zero-order chi connectivity index (χ0) is 21.7. The molecule has 2 aromatic carbocycles. The summed E-state index contributed by atoms with van der Waals surface area (Å²) in [5, 5.41) is 10.4. The molecule has 1 aliphatic rings. The van der Waals surface area contributed by atoms with Gasteiger partial charge in [0.15, 0.2) is 0 Å². The van der Waals surface area contributed by atoms with Crippen LogP contribution in [-0.2, 0) is 6.18 Å². The lowest BCUT2D eigenvalue weighted by Crippen LogP contribution is -2.49.